The summed E-state index contributed by atoms with van der Waals surface area (Å²) in [5, 5.41) is 7.97. The van der Waals surface area contributed by atoms with Crippen LogP contribution in [0.25, 0.3) is 27.8 Å². The Morgan fingerprint density at radius 2 is 2.00 bits per heavy atom. The lowest BCUT2D eigenvalue weighted by atomic mass is 9.86. The lowest BCUT2D eigenvalue weighted by Gasteiger charge is -2.39. The molecule has 0 radical (unpaired) electrons. The van der Waals surface area contributed by atoms with Crippen LogP contribution in [0.2, 0.25) is 0 Å². The fraction of sp³-hybridized carbons (Fsp3) is 0.429. The molecule has 162 valence electrons. The zero-order chi connectivity index (χ0) is 21.7. The van der Waals surface area contributed by atoms with E-state index in [0.29, 0.717) is 35.0 Å². The van der Waals surface area contributed by atoms with Crippen LogP contribution in [0.3, 0.4) is 0 Å². The Hall–Kier alpha value is -3.14. The summed E-state index contributed by atoms with van der Waals surface area (Å²) in [6.45, 7) is 1.31. The van der Waals surface area contributed by atoms with Gasteiger partial charge in [-0.3, -0.25) is 0 Å². The summed E-state index contributed by atoms with van der Waals surface area (Å²) in [7, 11) is 4.19. The van der Waals surface area contributed by atoms with Gasteiger partial charge in [0.15, 0.2) is 5.65 Å². The summed E-state index contributed by atoms with van der Waals surface area (Å²) in [6, 6.07) is 4.76. The highest BCUT2D eigenvalue weighted by molar-refractivity contribution is 5.85. The predicted octanol–water partition coefficient (Wildman–Crippen LogP) is 3.22. The maximum atomic E-state index is 13.0. The molecule has 10 heteroatoms. The SMILES string of the molecule is Cc1nc2ncc(-c3ccn4nc(N[C@H]5C[C@@H](N(C)C)C5)ncc34)cc2n1CC(F)F. The smallest absolute Gasteiger partial charge is 0.256 e. The molecular weight excluding hydrogens is 402 g/mol. The number of nitrogens with one attached hydrogen (secondary N) is 1. The molecule has 4 heterocycles. The molecule has 4 aromatic heterocycles. The first-order valence-electron chi connectivity index (χ1n) is 10.3. The fourth-order valence-electron chi connectivity index (χ4n) is 4.15. The van der Waals surface area contributed by atoms with Crippen LogP contribution >= 0.6 is 0 Å². The summed E-state index contributed by atoms with van der Waals surface area (Å²) in [6.07, 6.45) is 5.04. The van der Waals surface area contributed by atoms with Crippen molar-refractivity contribution in [3.8, 4) is 11.1 Å². The number of anilines is 1. The molecule has 0 saturated heterocycles. The van der Waals surface area contributed by atoms with E-state index in [4.69, 9.17) is 0 Å². The van der Waals surface area contributed by atoms with Crippen molar-refractivity contribution in [3.05, 3.63) is 36.5 Å². The molecule has 0 atom stereocenters. The number of rotatable bonds is 6. The van der Waals surface area contributed by atoms with E-state index in [-0.39, 0.29) is 0 Å². The molecule has 0 aromatic carbocycles. The molecule has 0 aliphatic heterocycles. The second-order valence-electron chi connectivity index (χ2n) is 8.30. The molecule has 31 heavy (non-hydrogen) atoms. The van der Waals surface area contributed by atoms with Crippen molar-refractivity contribution in [3.63, 3.8) is 0 Å². The number of aromatic nitrogens is 6. The van der Waals surface area contributed by atoms with Gasteiger partial charge in [-0.2, -0.15) is 0 Å². The lowest BCUT2D eigenvalue weighted by Crippen LogP contribution is -2.47. The van der Waals surface area contributed by atoms with E-state index in [1.54, 1.807) is 23.8 Å². The minimum atomic E-state index is -2.46. The van der Waals surface area contributed by atoms with Crippen molar-refractivity contribution in [2.24, 2.45) is 0 Å². The molecular formula is C21H24F2N8. The Morgan fingerprint density at radius 3 is 2.74 bits per heavy atom. The summed E-state index contributed by atoms with van der Waals surface area (Å²) in [4.78, 5) is 15.4. The van der Waals surface area contributed by atoms with Crippen molar-refractivity contribution in [2.45, 2.75) is 44.8 Å². The van der Waals surface area contributed by atoms with Crippen LogP contribution in [0.5, 0.6) is 0 Å². The van der Waals surface area contributed by atoms with E-state index >= 15 is 0 Å². The van der Waals surface area contributed by atoms with Crippen molar-refractivity contribution < 1.29 is 8.78 Å². The third-order valence-corrected chi connectivity index (χ3v) is 6.02. The lowest BCUT2D eigenvalue weighted by molar-refractivity contribution is 0.127. The maximum Gasteiger partial charge on any atom is 0.256 e. The van der Waals surface area contributed by atoms with E-state index in [1.165, 1.54) is 4.57 Å². The minimum absolute atomic E-state index is 0.379. The zero-order valence-corrected chi connectivity index (χ0v) is 17.6. The molecule has 0 spiro atoms. The molecule has 0 amide bonds. The fourth-order valence-corrected chi connectivity index (χ4v) is 4.15. The van der Waals surface area contributed by atoms with E-state index < -0.39 is 13.0 Å². The summed E-state index contributed by atoms with van der Waals surface area (Å²) < 4.78 is 29.3. The molecule has 0 unspecified atom stereocenters. The first-order valence-corrected chi connectivity index (χ1v) is 10.3. The molecule has 1 fully saturated rings. The van der Waals surface area contributed by atoms with Crippen molar-refractivity contribution >= 4 is 22.6 Å². The zero-order valence-electron chi connectivity index (χ0n) is 17.6. The van der Waals surface area contributed by atoms with Gasteiger partial charge in [-0.05, 0) is 46.0 Å². The molecule has 1 saturated carbocycles. The van der Waals surface area contributed by atoms with Crippen LogP contribution in [-0.2, 0) is 6.54 Å². The van der Waals surface area contributed by atoms with Crippen LogP contribution in [-0.4, -0.2) is 66.6 Å². The van der Waals surface area contributed by atoms with E-state index in [1.807, 2.05) is 18.3 Å². The van der Waals surface area contributed by atoms with E-state index in [9.17, 15) is 8.78 Å². The summed E-state index contributed by atoms with van der Waals surface area (Å²) >= 11 is 0. The van der Waals surface area contributed by atoms with Crippen molar-refractivity contribution in [1.82, 2.24) is 34.0 Å². The second-order valence-corrected chi connectivity index (χ2v) is 8.30. The van der Waals surface area contributed by atoms with E-state index in [0.717, 1.165) is 29.5 Å². The highest BCUT2D eigenvalue weighted by Crippen LogP contribution is 2.29. The molecule has 0 bridgehead atoms. The predicted molar refractivity (Wildman–Crippen MR) is 114 cm³/mol. The number of halogens is 2. The average Bonchev–Trinajstić information content (AvgIpc) is 3.24. The van der Waals surface area contributed by atoms with Gasteiger partial charge in [0.2, 0.25) is 5.95 Å². The number of alkyl halides is 2. The number of hydrogen-bond acceptors (Lipinski definition) is 6. The number of aryl methyl sites for hydroxylation is 1. The van der Waals surface area contributed by atoms with Gasteiger partial charge in [-0.25, -0.2) is 28.2 Å². The normalized spacial score (nSPS) is 18.9. The Kier molecular flexibility index (Phi) is 4.81. The van der Waals surface area contributed by atoms with Crippen molar-refractivity contribution in [1.29, 1.82) is 0 Å². The first kappa shape index (κ1) is 19.8. The quantitative estimate of drug-likeness (QED) is 0.510. The third-order valence-electron chi connectivity index (χ3n) is 6.02. The number of hydrogen-bond donors (Lipinski definition) is 1. The van der Waals surface area contributed by atoms with Crippen LogP contribution in [0.1, 0.15) is 18.7 Å². The Bertz CT molecular complexity index is 1240. The summed E-state index contributed by atoms with van der Waals surface area (Å²) in [5.74, 6) is 1.12. The van der Waals surface area contributed by atoms with Crippen LogP contribution in [0, 0.1) is 6.92 Å². The molecule has 1 aliphatic rings. The highest BCUT2D eigenvalue weighted by atomic mass is 19.3. The van der Waals surface area contributed by atoms with Crippen LogP contribution < -0.4 is 5.32 Å². The molecule has 4 aromatic rings. The molecule has 8 nitrogen and oxygen atoms in total. The number of nitrogens with zero attached hydrogens (tertiary/aromatic N) is 7. The maximum absolute atomic E-state index is 13.0. The average molecular weight is 426 g/mol. The highest BCUT2D eigenvalue weighted by Gasteiger charge is 2.31. The van der Waals surface area contributed by atoms with Gasteiger partial charge in [0.1, 0.15) is 5.82 Å². The van der Waals surface area contributed by atoms with Crippen LogP contribution in [0.4, 0.5) is 14.7 Å². The van der Waals surface area contributed by atoms with Gasteiger partial charge >= 0.3 is 0 Å². The molecule has 5 rings (SSSR count). The largest absolute Gasteiger partial charge is 0.350 e. The minimum Gasteiger partial charge on any atom is -0.350 e. The summed E-state index contributed by atoms with van der Waals surface area (Å²) in [5.41, 5.74) is 3.57. The standard InChI is InChI=1S/C21H24F2N8/c1-12-26-20-17(30(12)11-19(22)23)6-13(9-24-20)16-4-5-31-18(16)10-25-21(28-31)27-14-7-15(8-14)29(2)3/h4-6,9-10,14-15,19H,7-8,11H2,1-3H3,(H,27,28)/t14-,15+. The molecule has 1 N–H and O–H groups in total. The van der Waals surface area contributed by atoms with Crippen molar-refractivity contribution in [2.75, 3.05) is 19.4 Å². The Labute approximate surface area is 177 Å². The first-order chi connectivity index (χ1) is 14.9. The van der Waals surface area contributed by atoms with Gasteiger partial charge in [-0.15, -0.1) is 5.10 Å². The van der Waals surface area contributed by atoms with Crippen LogP contribution in [0.15, 0.2) is 30.7 Å². The van der Waals surface area contributed by atoms with Gasteiger partial charge in [0.25, 0.3) is 6.43 Å². The second kappa shape index (κ2) is 7.52. The number of pyridine rings is 1. The third kappa shape index (κ3) is 3.60. The topological polar surface area (TPSA) is 76.2 Å². The van der Waals surface area contributed by atoms with Gasteiger partial charge in [-0.1, -0.05) is 0 Å². The Morgan fingerprint density at radius 1 is 1.19 bits per heavy atom. The monoisotopic (exact) mass is 426 g/mol. The van der Waals surface area contributed by atoms with Gasteiger partial charge in [0, 0.05) is 35.6 Å². The van der Waals surface area contributed by atoms with Gasteiger partial charge in [0.05, 0.1) is 23.8 Å². The van der Waals surface area contributed by atoms with Gasteiger partial charge < -0.3 is 14.8 Å². The number of fused-ring (bicyclic) bond motifs is 2. The Balaban J connectivity index is 1.43. The number of imidazole rings is 1. The van der Waals surface area contributed by atoms with E-state index in [2.05, 4.69) is 44.4 Å². The molecule has 1 aliphatic carbocycles.